The van der Waals surface area contributed by atoms with Crippen LogP contribution in [0.1, 0.15) is 15.9 Å². The van der Waals surface area contributed by atoms with Crippen LogP contribution in [-0.4, -0.2) is 24.5 Å². The molecule has 0 atom stereocenters. The average molecular weight is 204 g/mol. The van der Waals surface area contributed by atoms with Gasteiger partial charge in [0.05, 0.1) is 12.7 Å². The summed E-state index contributed by atoms with van der Waals surface area (Å²) >= 11 is 0. The molecule has 76 valence electrons. The van der Waals surface area contributed by atoms with Gasteiger partial charge < -0.3 is 9.84 Å². The van der Waals surface area contributed by atoms with Gasteiger partial charge in [-0.1, -0.05) is 5.92 Å². The third-order valence-corrected chi connectivity index (χ3v) is 1.65. The maximum atomic E-state index is 10.7. The van der Waals surface area contributed by atoms with Gasteiger partial charge in [0, 0.05) is 11.5 Å². The van der Waals surface area contributed by atoms with E-state index < -0.39 is 5.97 Å². The monoisotopic (exact) mass is 204 g/mol. The Balaban J connectivity index is 3.00. The van der Waals surface area contributed by atoms with Crippen LogP contribution in [0.4, 0.5) is 0 Å². The molecular weight excluding hydrogens is 196 g/mol. The second-order valence-corrected chi connectivity index (χ2v) is 2.63. The van der Waals surface area contributed by atoms with E-state index in [2.05, 4.69) is 16.6 Å². The molecular formula is C11H8O4. The molecule has 1 N–H and O–H groups in total. The zero-order valence-electron chi connectivity index (χ0n) is 7.98. The first-order chi connectivity index (χ1) is 7.17. The number of esters is 1. The smallest absolute Gasteiger partial charge is 0.384 e. The van der Waals surface area contributed by atoms with E-state index in [0.29, 0.717) is 11.8 Å². The Morgan fingerprint density at radius 1 is 1.53 bits per heavy atom. The number of carbonyl (C=O) groups is 2. The van der Waals surface area contributed by atoms with Crippen LogP contribution in [0.25, 0.3) is 0 Å². The molecule has 0 spiro atoms. The first kappa shape index (κ1) is 10.8. The molecule has 1 rings (SSSR count). The van der Waals surface area contributed by atoms with Gasteiger partial charge in [0.1, 0.15) is 5.75 Å². The molecule has 1 aromatic rings. The summed E-state index contributed by atoms with van der Waals surface area (Å²) in [4.78, 5) is 21.2. The Hall–Kier alpha value is -2.28. The Labute approximate surface area is 86.5 Å². The lowest BCUT2D eigenvalue weighted by molar-refractivity contribution is -0.133. The highest BCUT2D eigenvalue weighted by molar-refractivity contribution is 5.89. The molecule has 0 saturated heterocycles. The van der Waals surface area contributed by atoms with E-state index in [4.69, 9.17) is 0 Å². The minimum absolute atomic E-state index is 0.117. The second-order valence-electron chi connectivity index (χ2n) is 2.63. The minimum Gasteiger partial charge on any atom is -0.507 e. The molecule has 0 unspecified atom stereocenters. The van der Waals surface area contributed by atoms with Crippen molar-refractivity contribution in [3.05, 3.63) is 29.3 Å². The number of phenols is 1. The van der Waals surface area contributed by atoms with Crippen molar-refractivity contribution >= 4 is 12.3 Å². The molecule has 0 radical (unpaired) electrons. The van der Waals surface area contributed by atoms with Crippen LogP contribution in [0, 0.1) is 11.8 Å². The molecule has 0 aromatic heterocycles. The van der Waals surface area contributed by atoms with Gasteiger partial charge >= 0.3 is 5.97 Å². The number of rotatable bonds is 1. The highest BCUT2D eigenvalue weighted by atomic mass is 16.5. The predicted octanol–water partition coefficient (Wildman–Crippen LogP) is 0.729. The summed E-state index contributed by atoms with van der Waals surface area (Å²) in [5.74, 6) is 3.94. The number of benzene rings is 1. The Bertz CT molecular complexity index is 451. The van der Waals surface area contributed by atoms with Crippen molar-refractivity contribution in [1.29, 1.82) is 0 Å². The standard InChI is InChI=1S/C11H8O4/c1-15-11(14)5-3-8-2-4-10(13)9(6-8)7-12/h2,4,6-7,13H,1H3. The second kappa shape index (κ2) is 4.82. The highest BCUT2D eigenvalue weighted by Gasteiger charge is 1.99. The van der Waals surface area contributed by atoms with Crippen LogP contribution in [0.5, 0.6) is 5.75 Å². The summed E-state index contributed by atoms with van der Waals surface area (Å²) in [5, 5.41) is 9.19. The topological polar surface area (TPSA) is 63.6 Å². The fourth-order valence-corrected chi connectivity index (χ4v) is 0.901. The van der Waals surface area contributed by atoms with Crippen LogP contribution in [-0.2, 0) is 9.53 Å². The predicted molar refractivity (Wildman–Crippen MR) is 52.4 cm³/mol. The van der Waals surface area contributed by atoms with E-state index in [-0.39, 0.29) is 11.3 Å². The Morgan fingerprint density at radius 2 is 2.27 bits per heavy atom. The van der Waals surface area contributed by atoms with E-state index in [0.717, 1.165) is 0 Å². The maximum absolute atomic E-state index is 10.7. The van der Waals surface area contributed by atoms with Crippen LogP contribution >= 0.6 is 0 Å². The third-order valence-electron chi connectivity index (χ3n) is 1.65. The van der Waals surface area contributed by atoms with Gasteiger partial charge in [0.25, 0.3) is 0 Å². The van der Waals surface area contributed by atoms with Gasteiger partial charge in [-0.05, 0) is 18.2 Å². The molecule has 0 aliphatic rings. The summed E-state index contributed by atoms with van der Waals surface area (Å²) < 4.78 is 4.32. The van der Waals surface area contributed by atoms with Crippen molar-refractivity contribution in [2.24, 2.45) is 0 Å². The van der Waals surface area contributed by atoms with Gasteiger partial charge in [-0.15, -0.1) is 0 Å². The maximum Gasteiger partial charge on any atom is 0.384 e. The lowest BCUT2D eigenvalue weighted by atomic mass is 10.1. The Morgan fingerprint density at radius 3 is 2.87 bits per heavy atom. The Kier molecular flexibility index (Phi) is 3.47. The van der Waals surface area contributed by atoms with Gasteiger partial charge in [0.2, 0.25) is 0 Å². The van der Waals surface area contributed by atoms with Gasteiger partial charge in [-0.2, -0.15) is 0 Å². The minimum atomic E-state index is -0.657. The number of methoxy groups -OCH3 is 1. The quantitative estimate of drug-likeness (QED) is 0.416. The molecule has 1 aromatic carbocycles. The first-order valence-corrected chi connectivity index (χ1v) is 4.05. The van der Waals surface area contributed by atoms with Crippen molar-refractivity contribution in [1.82, 2.24) is 0 Å². The molecule has 0 aliphatic carbocycles. The number of aromatic hydroxyl groups is 1. The molecule has 15 heavy (non-hydrogen) atoms. The lowest BCUT2D eigenvalue weighted by Gasteiger charge is -1.96. The normalized spacial score (nSPS) is 8.60. The number of aldehydes is 1. The summed E-state index contributed by atoms with van der Waals surface area (Å²) in [6, 6.07) is 4.22. The molecule has 0 fully saturated rings. The average Bonchev–Trinajstić information content (AvgIpc) is 2.27. The van der Waals surface area contributed by atoms with Crippen LogP contribution in [0.2, 0.25) is 0 Å². The SMILES string of the molecule is COC(=O)C#Cc1ccc(O)c(C=O)c1. The molecule has 0 amide bonds. The number of carbonyl (C=O) groups excluding carboxylic acids is 2. The highest BCUT2D eigenvalue weighted by Crippen LogP contribution is 2.15. The summed E-state index contributed by atoms with van der Waals surface area (Å²) in [5.41, 5.74) is 0.590. The molecule has 4 nitrogen and oxygen atoms in total. The molecule has 4 heteroatoms. The fourth-order valence-electron chi connectivity index (χ4n) is 0.901. The van der Waals surface area contributed by atoms with Crippen LogP contribution < -0.4 is 0 Å². The van der Waals surface area contributed by atoms with Crippen LogP contribution in [0.3, 0.4) is 0 Å². The number of phenolic OH excluding ortho intramolecular Hbond substituents is 1. The van der Waals surface area contributed by atoms with Gasteiger partial charge in [0.15, 0.2) is 6.29 Å². The van der Waals surface area contributed by atoms with Crippen molar-refractivity contribution in [2.45, 2.75) is 0 Å². The van der Waals surface area contributed by atoms with Crippen molar-refractivity contribution in [2.75, 3.05) is 7.11 Å². The number of hydrogen-bond donors (Lipinski definition) is 1. The molecule has 0 bridgehead atoms. The summed E-state index contributed by atoms with van der Waals surface area (Å²) in [6.07, 6.45) is 0.513. The third kappa shape index (κ3) is 2.85. The van der Waals surface area contributed by atoms with E-state index in [1.54, 1.807) is 0 Å². The lowest BCUT2D eigenvalue weighted by Crippen LogP contribution is -1.94. The summed E-state index contributed by atoms with van der Waals surface area (Å²) in [7, 11) is 1.23. The van der Waals surface area contributed by atoms with Crippen LogP contribution in [0.15, 0.2) is 18.2 Å². The summed E-state index contributed by atoms with van der Waals surface area (Å²) in [6.45, 7) is 0. The van der Waals surface area contributed by atoms with E-state index >= 15 is 0 Å². The number of hydrogen-bond acceptors (Lipinski definition) is 4. The van der Waals surface area contributed by atoms with Crippen molar-refractivity contribution in [3.63, 3.8) is 0 Å². The first-order valence-electron chi connectivity index (χ1n) is 4.05. The van der Waals surface area contributed by atoms with Crippen molar-refractivity contribution < 1.29 is 19.4 Å². The van der Waals surface area contributed by atoms with Gasteiger partial charge in [-0.25, -0.2) is 4.79 Å². The van der Waals surface area contributed by atoms with E-state index in [9.17, 15) is 14.7 Å². The van der Waals surface area contributed by atoms with Gasteiger partial charge in [-0.3, -0.25) is 4.79 Å². The van der Waals surface area contributed by atoms with Crippen molar-refractivity contribution in [3.8, 4) is 17.6 Å². The molecule has 0 aliphatic heterocycles. The zero-order valence-corrected chi connectivity index (χ0v) is 7.98. The fraction of sp³-hybridized carbons (Fsp3) is 0.0909. The zero-order chi connectivity index (χ0) is 11.3. The largest absolute Gasteiger partial charge is 0.507 e. The molecule has 0 saturated carbocycles. The van der Waals surface area contributed by atoms with E-state index in [1.165, 1.54) is 25.3 Å². The number of ether oxygens (including phenoxy) is 1. The van der Waals surface area contributed by atoms with E-state index in [1.807, 2.05) is 0 Å². The molecule has 0 heterocycles.